The zero-order valence-corrected chi connectivity index (χ0v) is 9.35. The van der Waals surface area contributed by atoms with Gasteiger partial charge in [-0.15, -0.1) is 0 Å². The Kier molecular flexibility index (Phi) is 2.57. The summed E-state index contributed by atoms with van der Waals surface area (Å²) in [6.07, 6.45) is 2.84. The van der Waals surface area contributed by atoms with Crippen LogP contribution in [0.5, 0.6) is 0 Å². The highest BCUT2D eigenvalue weighted by Gasteiger charge is 2.42. The first-order valence-corrected chi connectivity index (χ1v) is 6.81. The van der Waals surface area contributed by atoms with Gasteiger partial charge in [-0.05, 0) is 26.2 Å². The lowest BCUT2D eigenvalue weighted by Crippen LogP contribution is -2.53. The molecule has 2 heterocycles. The quantitative estimate of drug-likeness (QED) is 0.683. The second-order valence-electron chi connectivity index (χ2n) is 4.08. The molecule has 82 valence electrons. The van der Waals surface area contributed by atoms with E-state index in [0.717, 1.165) is 25.9 Å². The van der Waals surface area contributed by atoms with E-state index in [1.165, 1.54) is 0 Å². The monoisotopic (exact) mass is 219 g/mol. The van der Waals surface area contributed by atoms with Crippen molar-refractivity contribution in [2.75, 3.05) is 25.4 Å². The molecular weight excluding hydrogens is 202 g/mol. The van der Waals surface area contributed by atoms with Crippen LogP contribution in [0, 0.1) is 0 Å². The summed E-state index contributed by atoms with van der Waals surface area (Å²) in [5.41, 5.74) is 0.0414. The van der Waals surface area contributed by atoms with Gasteiger partial charge in [0.15, 0.2) is 0 Å². The molecule has 0 unspecified atom stereocenters. The van der Waals surface area contributed by atoms with E-state index in [1.54, 1.807) is 11.2 Å². The molecule has 0 atom stereocenters. The van der Waals surface area contributed by atoms with Gasteiger partial charge in [0.05, 0.1) is 18.0 Å². The maximum Gasteiger partial charge on any atom is 0.213 e. The Balaban J connectivity index is 1.96. The van der Waals surface area contributed by atoms with Crippen molar-refractivity contribution in [2.24, 2.45) is 0 Å². The molecule has 14 heavy (non-hydrogen) atoms. The third kappa shape index (κ3) is 1.68. The molecule has 2 aliphatic rings. The van der Waals surface area contributed by atoms with Gasteiger partial charge in [-0.2, -0.15) is 0 Å². The van der Waals surface area contributed by atoms with Crippen molar-refractivity contribution in [3.8, 4) is 0 Å². The smallest absolute Gasteiger partial charge is 0.213 e. The van der Waals surface area contributed by atoms with Gasteiger partial charge in [-0.25, -0.2) is 12.7 Å². The van der Waals surface area contributed by atoms with Crippen molar-refractivity contribution >= 4 is 10.0 Å². The second kappa shape index (κ2) is 3.47. The molecule has 2 saturated heterocycles. The molecule has 0 aromatic rings. The molecule has 0 saturated carbocycles. The van der Waals surface area contributed by atoms with Crippen LogP contribution in [0.1, 0.15) is 26.2 Å². The highest BCUT2D eigenvalue weighted by Crippen LogP contribution is 2.37. The fourth-order valence-electron chi connectivity index (χ4n) is 2.14. The SMILES string of the molecule is CCS(=O)(=O)N1CCC2(CCO2)CC1. The van der Waals surface area contributed by atoms with Crippen LogP contribution in [0.25, 0.3) is 0 Å². The molecule has 2 rings (SSSR count). The average molecular weight is 219 g/mol. The highest BCUT2D eigenvalue weighted by atomic mass is 32.2. The molecule has 4 nitrogen and oxygen atoms in total. The number of nitrogens with zero attached hydrogens (tertiary/aromatic N) is 1. The van der Waals surface area contributed by atoms with Gasteiger partial charge in [0, 0.05) is 13.1 Å². The van der Waals surface area contributed by atoms with Crippen LogP contribution in [0.4, 0.5) is 0 Å². The van der Waals surface area contributed by atoms with E-state index >= 15 is 0 Å². The standard InChI is InChI=1S/C9H17NO3S/c1-2-14(11,12)10-6-3-9(4-7-10)5-8-13-9/h2-8H2,1H3. The maximum absolute atomic E-state index is 11.6. The van der Waals surface area contributed by atoms with Gasteiger partial charge in [0.25, 0.3) is 0 Å². The Bertz CT molecular complexity index is 298. The Morgan fingerprint density at radius 1 is 1.29 bits per heavy atom. The molecule has 5 heteroatoms. The Labute approximate surface area is 85.3 Å². The number of hydrogen-bond acceptors (Lipinski definition) is 3. The minimum atomic E-state index is -2.98. The minimum Gasteiger partial charge on any atom is -0.375 e. The Morgan fingerprint density at radius 3 is 2.21 bits per heavy atom. The summed E-state index contributed by atoms with van der Waals surface area (Å²) in [5, 5.41) is 0. The first-order chi connectivity index (χ1) is 6.58. The highest BCUT2D eigenvalue weighted by molar-refractivity contribution is 7.89. The van der Waals surface area contributed by atoms with Crippen LogP contribution < -0.4 is 0 Å². The van der Waals surface area contributed by atoms with Crippen LogP contribution in [0.15, 0.2) is 0 Å². The predicted octanol–water partition coefficient (Wildman–Crippen LogP) is 0.591. The summed E-state index contributed by atoms with van der Waals surface area (Å²) in [6.45, 7) is 3.81. The lowest BCUT2D eigenvalue weighted by molar-refractivity contribution is -0.167. The fraction of sp³-hybridized carbons (Fsp3) is 1.00. The number of ether oxygens (including phenoxy) is 1. The molecular formula is C9H17NO3S. The zero-order chi connectivity index (χ0) is 10.2. The van der Waals surface area contributed by atoms with E-state index in [2.05, 4.69) is 0 Å². The van der Waals surface area contributed by atoms with Crippen molar-refractivity contribution in [3.05, 3.63) is 0 Å². The van der Waals surface area contributed by atoms with Crippen molar-refractivity contribution in [1.29, 1.82) is 0 Å². The molecule has 2 aliphatic heterocycles. The summed E-state index contributed by atoms with van der Waals surface area (Å²) in [6, 6.07) is 0. The van der Waals surface area contributed by atoms with Gasteiger partial charge in [-0.3, -0.25) is 0 Å². The van der Waals surface area contributed by atoms with Crippen molar-refractivity contribution in [3.63, 3.8) is 0 Å². The number of sulfonamides is 1. The van der Waals surface area contributed by atoms with E-state index in [9.17, 15) is 8.42 Å². The minimum absolute atomic E-state index is 0.0414. The van der Waals surface area contributed by atoms with Gasteiger partial charge >= 0.3 is 0 Å². The molecule has 0 aromatic heterocycles. The summed E-state index contributed by atoms with van der Waals surface area (Å²) in [5.74, 6) is 0.209. The van der Waals surface area contributed by atoms with Gasteiger partial charge in [0.2, 0.25) is 10.0 Å². The number of hydrogen-bond donors (Lipinski definition) is 0. The average Bonchev–Trinajstić information content (AvgIpc) is 2.16. The summed E-state index contributed by atoms with van der Waals surface area (Å²) in [4.78, 5) is 0. The first kappa shape index (κ1) is 10.4. The Hall–Kier alpha value is -0.130. The third-order valence-electron chi connectivity index (χ3n) is 3.36. The molecule has 0 aliphatic carbocycles. The third-order valence-corrected chi connectivity index (χ3v) is 5.24. The van der Waals surface area contributed by atoms with Crippen LogP contribution in [0.2, 0.25) is 0 Å². The molecule has 0 N–H and O–H groups in total. The van der Waals surface area contributed by atoms with E-state index in [-0.39, 0.29) is 11.4 Å². The number of rotatable bonds is 2. The molecule has 1 spiro atoms. The molecule has 0 radical (unpaired) electrons. The van der Waals surface area contributed by atoms with Crippen LogP contribution in [-0.4, -0.2) is 43.8 Å². The predicted molar refractivity (Wildman–Crippen MR) is 53.6 cm³/mol. The fourth-order valence-corrected chi connectivity index (χ4v) is 3.24. The van der Waals surface area contributed by atoms with Crippen LogP contribution in [-0.2, 0) is 14.8 Å². The summed E-state index contributed by atoms with van der Waals surface area (Å²) >= 11 is 0. The van der Waals surface area contributed by atoms with Crippen LogP contribution in [0.3, 0.4) is 0 Å². The zero-order valence-electron chi connectivity index (χ0n) is 8.53. The van der Waals surface area contributed by atoms with Gasteiger partial charge in [0.1, 0.15) is 0 Å². The van der Waals surface area contributed by atoms with E-state index < -0.39 is 10.0 Å². The summed E-state index contributed by atoms with van der Waals surface area (Å²) in [7, 11) is -2.98. The lowest BCUT2D eigenvalue weighted by atomic mass is 9.85. The van der Waals surface area contributed by atoms with Crippen molar-refractivity contribution in [2.45, 2.75) is 31.8 Å². The normalized spacial score (nSPS) is 27.5. The van der Waals surface area contributed by atoms with Gasteiger partial charge < -0.3 is 4.74 Å². The maximum atomic E-state index is 11.6. The summed E-state index contributed by atoms with van der Waals surface area (Å²) < 4.78 is 30.2. The van der Waals surface area contributed by atoms with E-state index in [1.807, 2.05) is 0 Å². The van der Waals surface area contributed by atoms with E-state index in [4.69, 9.17) is 4.74 Å². The topological polar surface area (TPSA) is 46.6 Å². The molecule has 0 amide bonds. The molecule has 0 bridgehead atoms. The van der Waals surface area contributed by atoms with Gasteiger partial charge in [-0.1, -0.05) is 0 Å². The molecule has 2 fully saturated rings. The first-order valence-electron chi connectivity index (χ1n) is 5.20. The van der Waals surface area contributed by atoms with Crippen LogP contribution >= 0.6 is 0 Å². The largest absolute Gasteiger partial charge is 0.375 e. The molecule has 0 aromatic carbocycles. The Morgan fingerprint density at radius 2 is 1.86 bits per heavy atom. The van der Waals surface area contributed by atoms with E-state index in [0.29, 0.717) is 13.1 Å². The lowest BCUT2D eigenvalue weighted by Gasteiger charge is -2.47. The van der Waals surface area contributed by atoms with Crippen molar-refractivity contribution in [1.82, 2.24) is 4.31 Å². The number of piperidine rings is 1. The second-order valence-corrected chi connectivity index (χ2v) is 6.34. The van der Waals surface area contributed by atoms with Crippen molar-refractivity contribution < 1.29 is 13.2 Å².